The number of hydrogen-bond acceptors (Lipinski definition) is 6. The van der Waals surface area contributed by atoms with E-state index in [0.717, 1.165) is 38.7 Å². The predicted molar refractivity (Wildman–Crippen MR) is 130 cm³/mol. The van der Waals surface area contributed by atoms with Crippen LogP contribution in [-0.4, -0.2) is 35.4 Å². The molecule has 32 heavy (non-hydrogen) atoms. The van der Waals surface area contributed by atoms with E-state index in [0.29, 0.717) is 16.4 Å². The van der Waals surface area contributed by atoms with Gasteiger partial charge in [-0.2, -0.15) is 5.01 Å². The second kappa shape index (κ2) is 9.42. The molecule has 8 heteroatoms. The smallest absolute Gasteiger partial charge is 0.285 e. The molecule has 1 N–H and O–H groups in total. The third-order valence-corrected chi connectivity index (χ3v) is 6.27. The molecule has 0 saturated carbocycles. The lowest BCUT2D eigenvalue weighted by atomic mass is 10.0. The highest BCUT2D eigenvalue weighted by molar-refractivity contribution is 8.26. The summed E-state index contributed by atoms with van der Waals surface area (Å²) in [6.45, 7) is 0. The lowest BCUT2D eigenvalue weighted by Gasteiger charge is -2.16. The van der Waals surface area contributed by atoms with Crippen molar-refractivity contribution in [1.82, 2.24) is 10.4 Å². The van der Waals surface area contributed by atoms with Crippen molar-refractivity contribution < 1.29 is 19.1 Å². The third kappa shape index (κ3) is 4.46. The molecule has 0 radical (unpaired) electrons. The number of methoxy groups -OCH3 is 2. The average Bonchev–Trinajstić information content (AvgIpc) is 3.06. The molecule has 162 valence electrons. The van der Waals surface area contributed by atoms with Crippen LogP contribution in [0.2, 0.25) is 0 Å². The van der Waals surface area contributed by atoms with Crippen LogP contribution in [0.15, 0.2) is 65.6 Å². The van der Waals surface area contributed by atoms with E-state index in [-0.39, 0.29) is 22.6 Å². The van der Waals surface area contributed by atoms with Gasteiger partial charge in [0.05, 0.1) is 25.5 Å². The Hall–Kier alpha value is -3.36. The Bertz CT molecular complexity index is 1250. The summed E-state index contributed by atoms with van der Waals surface area (Å²) in [6.07, 6.45) is 1.84. The fraction of sp³-hybridized carbons (Fsp3) is 0.125. The fourth-order valence-electron chi connectivity index (χ4n) is 3.44. The largest absolute Gasteiger partial charge is 0.493 e. The van der Waals surface area contributed by atoms with E-state index >= 15 is 0 Å². The van der Waals surface area contributed by atoms with Crippen LogP contribution in [0.5, 0.6) is 11.5 Å². The number of amides is 2. The molecule has 0 atom stereocenters. The van der Waals surface area contributed by atoms with Crippen LogP contribution >= 0.6 is 24.0 Å². The highest BCUT2D eigenvalue weighted by atomic mass is 32.2. The summed E-state index contributed by atoms with van der Waals surface area (Å²) in [5.74, 6) is 0.462. The molecule has 1 aliphatic rings. The molecule has 0 unspecified atom stereocenters. The molecule has 3 aromatic carbocycles. The monoisotopic (exact) mass is 464 g/mol. The van der Waals surface area contributed by atoms with Crippen molar-refractivity contribution in [3.05, 3.63) is 76.7 Å². The number of thiocarbonyl (C=S) groups is 1. The molecular formula is C24H20N2O4S2. The van der Waals surface area contributed by atoms with E-state index in [2.05, 4.69) is 5.43 Å². The number of nitrogens with one attached hydrogen (secondary N) is 1. The first kappa shape index (κ1) is 21.9. The quantitative estimate of drug-likeness (QED) is 0.433. The topological polar surface area (TPSA) is 67.9 Å². The SMILES string of the molecule is COc1ccc(/C=C2/SC(=S)N(NC(=O)Cc3cccc4ccccc34)C2=O)cc1OC. The number of ether oxygens (including phenoxy) is 2. The van der Waals surface area contributed by atoms with Gasteiger partial charge in [-0.05, 0) is 52.3 Å². The molecular weight excluding hydrogens is 444 g/mol. The first-order valence-electron chi connectivity index (χ1n) is 9.76. The van der Waals surface area contributed by atoms with Crippen LogP contribution < -0.4 is 14.9 Å². The fourth-order valence-corrected chi connectivity index (χ4v) is 4.62. The van der Waals surface area contributed by atoms with Gasteiger partial charge in [0.2, 0.25) is 5.91 Å². The minimum atomic E-state index is -0.374. The summed E-state index contributed by atoms with van der Waals surface area (Å²) in [5, 5.41) is 3.19. The number of thioether (sulfide) groups is 1. The lowest BCUT2D eigenvalue weighted by molar-refractivity contribution is -0.132. The summed E-state index contributed by atoms with van der Waals surface area (Å²) >= 11 is 6.46. The molecule has 3 aromatic rings. The van der Waals surface area contributed by atoms with Crippen molar-refractivity contribution in [2.45, 2.75) is 6.42 Å². The van der Waals surface area contributed by atoms with Crippen LogP contribution in [0.1, 0.15) is 11.1 Å². The number of hydrazine groups is 1. The van der Waals surface area contributed by atoms with E-state index in [1.54, 1.807) is 32.4 Å². The van der Waals surface area contributed by atoms with E-state index in [9.17, 15) is 9.59 Å². The van der Waals surface area contributed by atoms with E-state index in [4.69, 9.17) is 21.7 Å². The van der Waals surface area contributed by atoms with E-state index < -0.39 is 0 Å². The average molecular weight is 465 g/mol. The van der Waals surface area contributed by atoms with Crippen LogP contribution in [-0.2, 0) is 16.0 Å². The molecule has 4 rings (SSSR count). The van der Waals surface area contributed by atoms with Crippen LogP contribution in [0.4, 0.5) is 0 Å². The molecule has 1 fully saturated rings. The van der Waals surface area contributed by atoms with Gasteiger partial charge in [-0.25, -0.2) is 0 Å². The zero-order valence-electron chi connectivity index (χ0n) is 17.5. The number of fused-ring (bicyclic) bond motifs is 1. The molecule has 0 aromatic heterocycles. The highest BCUT2D eigenvalue weighted by Gasteiger charge is 2.33. The predicted octanol–water partition coefficient (Wildman–Crippen LogP) is 4.33. The molecule has 0 spiro atoms. The molecule has 1 saturated heterocycles. The van der Waals surface area contributed by atoms with Gasteiger partial charge >= 0.3 is 0 Å². The van der Waals surface area contributed by atoms with Gasteiger partial charge in [0.25, 0.3) is 5.91 Å². The standard InChI is InChI=1S/C24H20N2O4S2/c1-29-19-11-10-15(12-20(19)30-2)13-21-23(28)26(24(31)32-21)25-22(27)14-17-8-5-7-16-6-3-4-9-18(16)17/h3-13H,14H2,1-2H3,(H,25,27)/b21-13+. The molecule has 2 amide bonds. The van der Waals surface area contributed by atoms with Gasteiger partial charge in [0, 0.05) is 0 Å². The summed E-state index contributed by atoms with van der Waals surface area (Å²) in [5.41, 5.74) is 4.28. The van der Waals surface area contributed by atoms with Crippen molar-refractivity contribution in [3.63, 3.8) is 0 Å². The Morgan fingerprint density at radius 2 is 1.81 bits per heavy atom. The number of nitrogens with zero attached hydrogens (tertiary/aromatic N) is 1. The Labute approximate surface area is 195 Å². The van der Waals surface area contributed by atoms with Crippen molar-refractivity contribution >= 4 is 57.0 Å². The van der Waals surface area contributed by atoms with Gasteiger partial charge in [0.1, 0.15) is 0 Å². The molecule has 0 aliphatic carbocycles. The van der Waals surface area contributed by atoms with Gasteiger partial charge in [-0.3, -0.25) is 15.0 Å². The van der Waals surface area contributed by atoms with Gasteiger partial charge in [0.15, 0.2) is 15.8 Å². The molecule has 1 heterocycles. The summed E-state index contributed by atoms with van der Waals surface area (Å²) in [6, 6.07) is 19.0. The number of hydrogen-bond donors (Lipinski definition) is 1. The zero-order chi connectivity index (χ0) is 22.7. The van der Waals surface area contributed by atoms with Crippen molar-refractivity contribution in [3.8, 4) is 11.5 Å². The highest BCUT2D eigenvalue weighted by Crippen LogP contribution is 2.34. The Kier molecular flexibility index (Phi) is 6.43. The number of carbonyl (C=O) groups is 2. The second-order valence-corrected chi connectivity index (χ2v) is 8.66. The van der Waals surface area contributed by atoms with Crippen LogP contribution in [0.3, 0.4) is 0 Å². The normalized spacial score (nSPS) is 14.8. The van der Waals surface area contributed by atoms with Gasteiger partial charge in [-0.1, -0.05) is 60.3 Å². The minimum absolute atomic E-state index is 0.132. The van der Waals surface area contributed by atoms with Gasteiger partial charge < -0.3 is 9.47 Å². The van der Waals surface area contributed by atoms with Crippen LogP contribution in [0.25, 0.3) is 16.8 Å². The molecule has 0 bridgehead atoms. The molecule has 1 aliphatic heterocycles. The maximum Gasteiger partial charge on any atom is 0.285 e. The first-order valence-corrected chi connectivity index (χ1v) is 11.0. The molecule has 6 nitrogen and oxygen atoms in total. The Morgan fingerprint density at radius 1 is 1.06 bits per heavy atom. The van der Waals surface area contributed by atoms with Crippen molar-refractivity contribution in [1.29, 1.82) is 0 Å². The summed E-state index contributed by atoms with van der Waals surface area (Å²) in [7, 11) is 3.11. The van der Waals surface area contributed by atoms with Crippen LogP contribution in [0, 0.1) is 0 Å². The maximum atomic E-state index is 12.9. The number of carbonyl (C=O) groups excluding carboxylic acids is 2. The third-order valence-electron chi connectivity index (χ3n) is 4.97. The maximum absolute atomic E-state index is 12.9. The number of benzene rings is 3. The lowest BCUT2D eigenvalue weighted by Crippen LogP contribution is -2.45. The second-order valence-electron chi connectivity index (χ2n) is 6.98. The van der Waals surface area contributed by atoms with Gasteiger partial charge in [-0.15, -0.1) is 0 Å². The Morgan fingerprint density at radius 3 is 2.59 bits per heavy atom. The van der Waals surface area contributed by atoms with E-state index in [1.165, 1.54) is 0 Å². The van der Waals surface area contributed by atoms with Crippen molar-refractivity contribution in [2.75, 3.05) is 14.2 Å². The zero-order valence-corrected chi connectivity index (χ0v) is 19.1. The van der Waals surface area contributed by atoms with E-state index in [1.807, 2.05) is 48.5 Å². The Balaban J connectivity index is 1.49. The summed E-state index contributed by atoms with van der Waals surface area (Å²) in [4.78, 5) is 26.0. The van der Waals surface area contributed by atoms with Crippen molar-refractivity contribution in [2.24, 2.45) is 0 Å². The summed E-state index contributed by atoms with van der Waals surface area (Å²) < 4.78 is 10.8. The number of rotatable bonds is 6. The minimum Gasteiger partial charge on any atom is -0.493 e. The first-order chi connectivity index (χ1) is 15.5.